The van der Waals surface area contributed by atoms with Crippen molar-refractivity contribution >= 4 is 6.29 Å². The number of carbonyl (C=O) groups excluding carboxylic acids is 1. The number of aldehydes is 1. The van der Waals surface area contributed by atoms with Gasteiger partial charge in [-0.15, -0.1) is 0 Å². The fourth-order valence-electron chi connectivity index (χ4n) is 0.287. The molecule has 4 heteroatoms. The Labute approximate surface area is 59.1 Å². The maximum absolute atomic E-state index is 10.1. The minimum Gasteiger partial charge on any atom is -0.393 e. The van der Waals surface area contributed by atoms with Gasteiger partial charge in [-0.3, -0.25) is 0 Å². The molecule has 10 heavy (non-hydrogen) atoms. The summed E-state index contributed by atoms with van der Waals surface area (Å²) < 4.78 is 0. The number of hydrogen-bond acceptors (Lipinski definition) is 4. The number of carbonyl (C=O) groups is 1. The average molecular weight is 148 g/mol. The van der Waals surface area contributed by atoms with Gasteiger partial charge in [0.25, 0.3) is 0 Å². The highest BCUT2D eigenvalue weighted by Crippen LogP contribution is 2.18. The molecule has 3 N–H and O–H groups in total. The predicted octanol–water partition coefficient (Wildman–Crippen LogP) is -1.32. The third-order valence-electron chi connectivity index (χ3n) is 1.63. The van der Waals surface area contributed by atoms with Crippen molar-refractivity contribution in [2.24, 2.45) is 0 Å². The molecule has 0 aromatic rings. The quantitative estimate of drug-likeness (QED) is 0.434. The SMILES string of the molecule is CC(O)(C=O)C(C)(O)CO. The minimum absolute atomic E-state index is 0.198. The van der Waals surface area contributed by atoms with Crippen LogP contribution in [-0.2, 0) is 4.79 Å². The van der Waals surface area contributed by atoms with Crippen LogP contribution in [-0.4, -0.2) is 39.4 Å². The van der Waals surface area contributed by atoms with Crippen molar-refractivity contribution in [1.82, 2.24) is 0 Å². The topological polar surface area (TPSA) is 77.8 Å². The third-order valence-corrected chi connectivity index (χ3v) is 1.63. The Hall–Kier alpha value is -0.450. The minimum atomic E-state index is -1.89. The summed E-state index contributed by atoms with van der Waals surface area (Å²) in [7, 11) is 0. The van der Waals surface area contributed by atoms with Gasteiger partial charge < -0.3 is 20.1 Å². The van der Waals surface area contributed by atoms with Gasteiger partial charge in [0, 0.05) is 0 Å². The van der Waals surface area contributed by atoms with Gasteiger partial charge in [-0.2, -0.15) is 0 Å². The van der Waals surface area contributed by atoms with Crippen LogP contribution in [0.4, 0.5) is 0 Å². The highest BCUT2D eigenvalue weighted by molar-refractivity contribution is 5.63. The number of aliphatic hydroxyl groups excluding tert-OH is 1. The predicted molar refractivity (Wildman–Crippen MR) is 34.4 cm³/mol. The second kappa shape index (κ2) is 2.65. The zero-order chi connectivity index (χ0) is 8.41. The summed E-state index contributed by atoms with van der Waals surface area (Å²) >= 11 is 0. The van der Waals surface area contributed by atoms with Crippen LogP contribution < -0.4 is 0 Å². The summed E-state index contributed by atoms with van der Waals surface area (Å²) in [5.41, 5.74) is -3.66. The van der Waals surface area contributed by atoms with Crippen LogP contribution in [0.5, 0.6) is 0 Å². The first kappa shape index (κ1) is 9.55. The van der Waals surface area contributed by atoms with Gasteiger partial charge in [0.2, 0.25) is 0 Å². The molecule has 60 valence electrons. The fraction of sp³-hybridized carbons (Fsp3) is 0.833. The molecule has 2 unspecified atom stereocenters. The molecule has 2 atom stereocenters. The Balaban J connectivity index is 4.43. The molecule has 4 nitrogen and oxygen atoms in total. The largest absolute Gasteiger partial charge is 0.393 e. The first-order valence-electron chi connectivity index (χ1n) is 2.89. The van der Waals surface area contributed by atoms with E-state index in [4.69, 9.17) is 15.3 Å². The Morgan fingerprint density at radius 1 is 1.40 bits per heavy atom. The Kier molecular flexibility index (Phi) is 2.54. The van der Waals surface area contributed by atoms with Gasteiger partial charge in [0.15, 0.2) is 6.29 Å². The highest BCUT2D eigenvalue weighted by Gasteiger charge is 2.41. The van der Waals surface area contributed by atoms with Crippen molar-refractivity contribution in [1.29, 1.82) is 0 Å². The molecule has 0 saturated carbocycles. The molecule has 0 aliphatic rings. The van der Waals surface area contributed by atoms with E-state index in [2.05, 4.69) is 0 Å². The van der Waals surface area contributed by atoms with Crippen molar-refractivity contribution < 1.29 is 20.1 Å². The monoisotopic (exact) mass is 148 g/mol. The van der Waals surface area contributed by atoms with Gasteiger partial charge >= 0.3 is 0 Å². The Bertz CT molecular complexity index is 128. The highest BCUT2D eigenvalue weighted by atomic mass is 16.4. The van der Waals surface area contributed by atoms with Crippen LogP contribution in [0.1, 0.15) is 13.8 Å². The molecule has 0 aliphatic heterocycles. The summed E-state index contributed by atoms with van der Waals surface area (Å²) in [4.78, 5) is 10.1. The van der Waals surface area contributed by atoms with Crippen molar-refractivity contribution in [3.63, 3.8) is 0 Å². The van der Waals surface area contributed by atoms with E-state index in [1.807, 2.05) is 0 Å². The van der Waals surface area contributed by atoms with E-state index in [1.54, 1.807) is 0 Å². The molecule has 0 rings (SSSR count). The second-order valence-corrected chi connectivity index (χ2v) is 2.70. The first-order valence-corrected chi connectivity index (χ1v) is 2.89. The molecule has 0 heterocycles. The summed E-state index contributed by atoms with van der Waals surface area (Å²) in [5, 5.41) is 26.7. The van der Waals surface area contributed by atoms with Crippen molar-refractivity contribution in [2.45, 2.75) is 25.0 Å². The van der Waals surface area contributed by atoms with Gasteiger partial charge in [-0.05, 0) is 13.8 Å². The van der Waals surface area contributed by atoms with E-state index < -0.39 is 17.8 Å². The van der Waals surface area contributed by atoms with Crippen LogP contribution in [0.3, 0.4) is 0 Å². The number of aliphatic hydroxyl groups is 3. The standard InChI is InChI=1S/C6H12O4/c1-5(9,3-7)6(2,10)4-8/h3,8-10H,4H2,1-2H3. The molecule has 0 saturated heterocycles. The zero-order valence-corrected chi connectivity index (χ0v) is 6.03. The summed E-state index contributed by atoms with van der Waals surface area (Å²) in [6.07, 6.45) is 0.198. The average Bonchev–Trinajstić information content (AvgIpc) is 1.88. The molecule has 0 fully saturated rings. The van der Waals surface area contributed by atoms with Crippen LogP contribution in [0.2, 0.25) is 0 Å². The molecule has 0 aliphatic carbocycles. The summed E-state index contributed by atoms with van der Waals surface area (Å²) in [6.45, 7) is 1.66. The van der Waals surface area contributed by atoms with Crippen LogP contribution >= 0.6 is 0 Å². The van der Waals surface area contributed by atoms with E-state index in [0.717, 1.165) is 6.92 Å². The maximum Gasteiger partial charge on any atom is 0.154 e. The van der Waals surface area contributed by atoms with Crippen molar-refractivity contribution in [3.05, 3.63) is 0 Å². The lowest BCUT2D eigenvalue weighted by molar-refractivity contribution is -0.161. The van der Waals surface area contributed by atoms with Crippen molar-refractivity contribution in [2.75, 3.05) is 6.61 Å². The molecule has 0 aromatic carbocycles. The molecule has 0 amide bonds. The van der Waals surface area contributed by atoms with E-state index in [1.165, 1.54) is 6.92 Å². The second-order valence-electron chi connectivity index (χ2n) is 2.70. The zero-order valence-electron chi connectivity index (χ0n) is 6.03. The number of hydrogen-bond donors (Lipinski definition) is 3. The summed E-state index contributed by atoms with van der Waals surface area (Å²) in [6, 6.07) is 0. The molecule has 0 bridgehead atoms. The lowest BCUT2D eigenvalue weighted by atomic mass is 9.88. The van der Waals surface area contributed by atoms with E-state index in [9.17, 15) is 4.79 Å². The lowest BCUT2D eigenvalue weighted by Crippen LogP contribution is -2.53. The molecular formula is C6H12O4. The summed E-state index contributed by atoms with van der Waals surface area (Å²) in [5.74, 6) is 0. The van der Waals surface area contributed by atoms with Crippen LogP contribution in [0, 0.1) is 0 Å². The lowest BCUT2D eigenvalue weighted by Gasteiger charge is -2.31. The molecule has 0 aromatic heterocycles. The van der Waals surface area contributed by atoms with E-state index in [0.29, 0.717) is 0 Å². The fourth-order valence-corrected chi connectivity index (χ4v) is 0.287. The third kappa shape index (κ3) is 1.53. The van der Waals surface area contributed by atoms with Crippen LogP contribution in [0.15, 0.2) is 0 Å². The van der Waals surface area contributed by atoms with Gasteiger partial charge in [-0.1, -0.05) is 0 Å². The van der Waals surface area contributed by atoms with Gasteiger partial charge in [-0.25, -0.2) is 0 Å². The molecule has 0 radical (unpaired) electrons. The number of rotatable bonds is 3. The van der Waals surface area contributed by atoms with Crippen LogP contribution in [0.25, 0.3) is 0 Å². The van der Waals surface area contributed by atoms with Gasteiger partial charge in [0.1, 0.15) is 11.2 Å². The normalized spacial score (nSPS) is 22.9. The van der Waals surface area contributed by atoms with Crippen molar-refractivity contribution in [3.8, 4) is 0 Å². The van der Waals surface area contributed by atoms with E-state index in [-0.39, 0.29) is 6.29 Å². The molecule has 0 spiro atoms. The first-order chi connectivity index (χ1) is 4.37. The smallest absolute Gasteiger partial charge is 0.154 e. The van der Waals surface area contributed by atoms with Gasteiger partial charge in [0.05, 0.1) is 6.61 Å². The molecular weight excluding hydrogens is 136 g/mol. The Morgan fingerprint density at radius 3 is 1.90 bits per heavy atom. The van der Waals surface area contributed by atoms with E-state index >= 15 is 0 Å². The Morgan fingerprint density at radius 2 is 1.80 bits per heavy atom. The maximum atomic E-state index is 10.1.